The predicted molar refractivity (Wildman–Crippen MR) is 149 cm³/mol. The Kier molecular flexibility index (Phi) is 5.94. The normalized spacial score (nSPS) is 36.7. The van der Waals surface area contributed by atoms with Crippen molar-refractivity contribution in [1.29, 1.82) is 0 Å². The molecule has 200 valence electrons. The van der Waals surface area contributed by atoms with E-state index in [-0.39, 0.29) is 17.4 Å². The van der Waals surface area contributed by atoms with Gasteiger partial charge in [-0.2, -0.15) is 0 Å². The van der Waals surface area contributed by atoms with Gasteiger partial charge in [0.05, 0.1) is 0 Å². The van der Waals surface area contributed by atoms with E-state index in [0.29, 0.717) is 18.4 Å². The highest BCUT2D eigenvalue weighted by atomic mass is 16.2. The monoisotopic (exact) mass is 510 g/mol. The lowest BCUT2D eigenvalue weighted by Gasteiger charge is -2.58. The minimum atomic E-state index is -0.779. The van der Waals surface area contributed by atoms with Crippen LogP contribution in [0.3, 0.4) is 0 Å². The highest BCUT2D eigenvalue weighted by Gasteiger charge is 2.56. The first-order chi connectivity index (χ1) is 18.4. The molecule has 3 atom stereocenters. The zero-order chi connectivity index (χ0) is 25.9. The van der Waals surface area contributed by atoms with E-state index >= 15 is 0 Å². The van der Waals surface area contributed by atoms with E-state index in [1.807, 2.05) is 23.1 Å². The van der Waals surface area contributed by atoms with Gasteiger partial charge in [-0.3, -0.25) is 9.59 Å². The van der Waals surface area contributed by atoms with Crippen molar-refractivity contribution in [2.24, 2.45) is 29.6 Å². The van der Waals surface area contributed by atoms with E-state index in [9.17, 15) is 9.59 Å². The molecule has 2 aromatic carbocycles. The molecule has 6 aliphatic rings. The zero-order valence-electron chi connectivity index (χ0n) is 22.8. The number of amides is 2. The molecule has 1 N–H and O–H groups in total. The molecule has 4 nitrogen and oxygen atoms in total. The average Bonchev–Trinajstić information content (AvgIpc) is 2.89. The first kappa shape index (κ1) is 24.4. The number of nitrogens with one attached hydrogen (secondary N) is 1. The van der Waals surface area contributed by atoms with Crippen LogP contribution in [0.5, 0.6) is 0 Å². The van der Waals surface area contributed by atoms with E-state index in [1.165, 1.54) is 30.4 Å². The fourth-order valence-corrected chi connectivity index (χ4v) is 9.92. The Morgan fingerprint density at radius 1 is 0.816 bits per heavy atom. The molecule has 2 amide bonds. The van der Waals surface area contributed by atoms with Gasteiger partial charge in [0.2, 0.25) is 11.8 Å². The Labute approximate surface area is 227 Å². The SMILES string of the molecule is CC(=O)N(Cc1ccccc1)[C@]1(C(=O)NC23CC4CC(CC(C4)C2)C3)CC[C@H]2Cc3ccccc3C[C@H]2C1. The second kappa shape index (κ2) is 9.24. The van der Waals surface area contributed by atoms with Gasteiger partial charge in [-0.05, 0) is 117 Å². The van der Waals surface area contributed by atoms with E-state index in [1.54, 1.807) is 6.92 Å². The first-order valence-corrected chi connectivity index (χ1v) is 15.1. The first-order valence-electron chi connectivity index (χ1n) is 15.1. The number of hydrogen-bond donors (Lipinski definition) is 1. The van der Waals surface area contributed by atoms with Crippen LogP contribution >= 0.6 is 0 Å². The molecule has 4 bridgehead atoms. The van der Waals surface area contributed by atoms with Gasteiger partial charge >= 0.3 is 0 Å². The van der Waals surface area contributed by atoms with Gasteiger partial charge in [0, 0.05) is 19.0 Å². The van der Waals surface area contributed by atoms with Crippen LogP contribution in [-0.2, 0) is 29.0 Å². The van der Waals surface area contributed by atoms with E-state index < -0.39 is 5.54 Å². The van der Waals surface area contributed by atoms with Crippen molar-refractivity contribution in [1.82, 2.24) is 10.2 Å². The maximum Gasteiger partial charge on any atom is 0.246 e. The van der Waals surface area contributed by atoms with Crippen LogP contribution in [0.2, 0.25) is 0 Å². The van der Waals surface area contributed by atoms with Crippen LogP contribution < -0.4 is 5.32 Å². The average molecular weight is 511 g/mol. The summed E-state index contributed by atoms with van der Waals surface area (Å²) >= 11 is 0. The summed E-state index contributed by atoms with van der Waals surface area (Å²) < 4.78 is 0. The van der Waals surface area contributed by atoms with E-state index in [4.69, 9.17) is 0 Å². The van der Waals surface area contributed by atoms with Crippen LogP contribution in [0.25, 0.3) is 0 Å². The Morgan fingerprint density at radius 3 is 2.00 bits per heavy atom. The lowest BCUT2D eigenvalue weighted by Crippen LogP contribution is -2.68. The molecular weight excluding hydrogens is 468 g/mol. The summed E-state index contributed by atoms with van der Waals surface area (Å²) in [6.45, 7) is 2.17. The van der Waals surface area contributed by atoms with Gasteiger partial charge < -0.3 is 10.2 Å². The maximum absolute atomic E-state index is 14.8. The van der Waals surface area contributed by atoms with Crippen LogP contribution in [0.15, 0.2) is 54.6 Å². The zero-order valence-corrected chi connectivity index (χ0v) is 22.8. The third kappa shape index (κ3) is 4.19. The summed E-state index contributed by atoms with van der Waals surface area (Å²) in [5, 5.41) is 3.74. The molecule has 4 heteroatoms. The third-order valence-electron chi connectivity index (χ3n) is 11.2. The summed E-state index contributed by atoms with van der Waals surface area (Å²) in [5.41, 5.74) is 3.18. The molecule has 0 unspecified atom stereocenters. The standard InChI is InChI=1S/C34H42N2O2/c1-23(37)36(22-24-7-3-2-4-8-24)34(12-11-30-16-28-9-5-6-10-29(28)17-31(30)21-34)32(38)35-33-18-25-13-26(19-33)15-27(14-25)20-33/h2-10,25-27,30-31H,11-22H2,1H3,(H,35,38)/t25?,26?,27?,30-,31-,33?,34+/m0/s1. The summed E-state index contributed by atoms with van der Waals surface area (Å²) in [6.07, 6.45) is 12.2. The quantitative estimate of drug-likeness (QED) is 0.530. The van der Waals surface area contributed by atoms with Crippen molar-refractivity contribution in [3.8, 4) is 0 Å². The van der Waals surface area contributed by atoms with Gasteiger partial charge in [-0.15, -0.1) is 0 Å². The van der Waals surface area contributed by atoms with Crippen molar-refractivity contribution < 1.29 is 9.59 Å². The molecule has 38 heavy (non-hydrogen) atoms. The van der Waals surface area contributed by atoms with Crippen molar-refractivity contribution >= 4 is 11.8 Å². The number of fused-ring (bicyclic) bond motifs is 2. The number of carbonyl (C=O) groups is 2. The lowest BCUT2D eigenvalue weighted by atomic mass is 9.52. The minimum Gasteiger partial charge on any atom is -0.349 e. The molecule has 5 fully saturated rings. The second-order valence-corrected chi connectivity index (χ2v) is 13.7. The molecule has 2 aromatic rings. The molecule has 0 saturated heterocycles. The van der Waals surface area contributed by atoms with Crippen molar-refractivity contribution in [2.45, 2.75) is 95.2 Å². The minimum absolute atomic E-state index is 0.0178. The molecule has 0 radical (unpaired) electrons. The maximum atomic E-state index is 14.8. The number of benzene rings is 2. The predicted octanol–water partition coefficient (Wildman–Crippen LogP) is 6.07. The Morgan fingerprint density at radius 2 is 1.39 bits per heavy atom. The molecule has 6 aliphatic carbocycles. The molecule has 0 spiro atoms. The van der Waals surface area contributed by atoms with Crippen molar-refractivity contribution in [3.63, 3.8) is 0 Å². The lowest BCUT2D eigenvalue weighted by molar-refractivity contribution is -0.156. The molecule has 8 rings (SSSR count). The Balaban J connectivity index is 1.23. The van der Waals surface area contributed by atoms with Crippen LogP contribution in [0.1, 0.15) is 81.4 Å². The van der Waals surface area contributed by atoms with Gasteiger partial charge in [0.1, 0.15) is 5.54 Å². The number of carbonyl (C=O) groups excluding carboxylic acids is 2. The molecule has 5 saturated carbocycles. The highest BCUT2D eigenvalue weighted by molar-refractivity contribution is 5.91. The van der Waals surface area contributed by atoms with Crippen molar-refractivity contribution in [2.75, 3.05) is 0 Å². The second-order valence-electron chi connectivity index (χ2n) is 13.7. The summed E-state index contributed by atoms with van der Waals surface area (Å²) in [4.78, 5) is 30.1. The highest BCUT2D eigenvalue weighted by Crippen LogP contribution is 2.56. The number of rotatable bonds is 5. The van der Waals surface area contributed by atoms with Crippen LogP contribution in [0, 0.1) is 29.6 Å². The summed E-state index contributed by atoms with van der Waals surface area (Å²) in [6, 6.07) is 19.1. The van der Waals surface area contributed by atoms with Gasteiger partial charge in [0.15, 0.2) is 0 Å². The summed E-state index contributed by atoms with van der Waals surface area (Å²) in [7, 11) is 0. The van der Waals surface area contributed by atoms with Gasteiger partial charge in [-0.25, -0.2) is 0 Å². The fourth-order valence-electron chi connectivity index (χ4n) is 9.92. The van der Waals surface area contributed by atoms with E-state index in [0.717, 1.165) is 74.7 Å². The Hall–Kier alpha value is -2.62. The summed E-state index contributed by atoms with van der Waals surface area (Å²) in [5.74, 6) is 3.50. The van der Waals surface area contributed by atoms with Gasteiger partial charge in [-0.1, -0.05) is 54.6 Å². The molecular formula is C34H42N2O2. The van der Waals surface area contributed by atoms with Gasteiger partial charge in [0.25, 0.3) is 0 Å². The third-order valence-corrected chi connectivity index (χ3v) is 11.2. The topological polar surface area (TPSA) is 49.4 Å². The number of nitrogens with zero attached hydrogens (tertiary/aromatic N) is 1. The van der Waals surface area contributed by atoms with E-state index in [2.05, 4.69) is 41.7 Å². The van der Waals surface area contributed by atoms with Crippen molar-refractivity contribution in [3.05, 3.63) is 71.3 Å². The largest absolute Gasteiger partial charge is 0.349 e. The van der Waals surface area contributed by atoms with Crippen LogP contribution in [-0.4, -0.2) is 27.8 Å². The van der Waals surface area contributed by atoms with Crippen LogP contribution in [0.4, 0.5) is 0 Å². The molecule has 0 aliphatic heterocycles. The molecule has 0 aromatic heterocycles. The fraction of sp³-hybridized carbons (Fsp3) is 0.588. The molecule has 0 heterocycles. The smallest absolute Gasteiger partial charge is 0.246 e. The number of hydrogen-bond acceptors (Lipinski definition) is 2. The Bertz CT molecular complexity index is 1190.